The zero-order valence-corrected chi connectivity index (χ0v) is 9.54. The van der Waals surface area contributed by atoms with Crippen molar-refractivity contribution in [1.82, 2.24) is 10.6 Å². The van der Waals surface area contributed by atoms with Gasteiger partial charge in [-0.25, -0.2) is 0 Å². The molecular weight excluding hydrogens is 202 g/mol. The molecule has 88 valence electrons. The summed E-state index contributed by atoms with van der Waals surface area (Å²) in [6.07, 6.45) is 5.01. The Labute approximate surface area is 96.4 Å². The number of hydrogen-bond donors (Lipinski definition) is 2. The van der Waals surface area contributed by atoms with E-state index < -0.39 is 0 Å². The van der Waals surface area contributed by atoms with E-state index in [1.165, 1.54) is 0 Å². The zero-order chi connectivity index (χ0) is 11.4. The molecule has 1 aliphatic carbocycles. The zero-order valence-electron chi connectivity index (χ0n) is 9.54. The Morgan fingerprint density at radius 3 is 2.88 bits per heavy atom. The fourth-order valence-corrected chi connectivity index (χ4v) is 2.66. The lowest BCUT2D eigenvalue weighted by Gasteiger charge is -2.24. The number of amides is 1. The van der Waals surface area contributed by atoms with Crippen LogP contribution < -0.4 is 10.6 Å². The van der Waals surface area contributed by atoms with E-state index >= 15 is 0 Å². The van der Waals surface area contributed by atoms with Crippen molar-refractivity contribution in [3.63, 3.8) is 0 Å². The predicted molar refractivity (Wildman–Crippen MR) is 60.5 cm³/mol. The van der Waals surface area contributed by atoms with E-state index in [9.17, 15) is 4.79 Å². The van der Waals surface area contributed by atoms with Crippen molar-refractivity contribution in [1.29, 1.82) is 5.26 Å². The van der Waals surface area contributed by atoms with Gasteiger partial charge in [0.25, 0.3) is 0 Å². The summed E-state index contributed by atoms with van der Waals surface area (Å²) in [7, 11) is 0. The normalized spacial score (nSPS) is 34.3. The van der Waals surface area contributed by atoms with Gasteiger partial charge in [-0.2, -0.15) is 5.26 Å². The molecule has 2 rings (SSSR count). The molecule has 0 aromatic carbocycles. The van der Waals surface area contributed by atoms with Crippen LogP contribution >= 0.6 is 0 Å². The number of carbonyl (C=O) groups excluding carboxylic acids is 1. The van der Waals surface area contributed by atoms with E-state index in [1.54, 1.807) is 0 Å². The molecule has 1 saturated heterocycles. The van der Waals surface area contributed by atoms with E-state index in [0.717, 1.165) is 45.2 Å². The molecule has 1 aliphatic heterocycles. The summed E-state index contributed by atoms with van der Waals surface area (Å²) in [5.41, 5.74) is 0. The Morgan fingerprint density at radius 1 is 1.31 bits per heavy atom. The minimum Gasteiger partial charge on any atom is -0.352 e. The molecule has 2 unspecified atom stereocenters. The van der Waals surface area contributed by atoms with Gasteiger partial charge < -0.3 is 10.6 Å². The molecule has 2 fully saturated rings. The monoisotopic (exact) mass is 221 g/mol. The molecule has 0 bridgehead atoms. The summed E-state index contributed by atoms with van der Waals surface area (Å²) in [5, 5.41) is 15.2. The average molecular weight is 221 g/mol. The first-order chi connectivity index (χ1) is 7.81. The summed E-state index contributed by atoms with van der Waals surface area (Å²) in [6, 6.07) is 2.39. The Balaban J connectivity index is 1.84. The van der Waals surface area contributed by atoms with Crippen LogP contribution in [0.25, 0.3) is 0 Å². The van der Waals surface area contributed by atoms with Crippen molar-refractivity contribution < 1.29 is 4.79 Å². The summed E-state index contributed by atoms with van der Waals surface area (Å²) in [4.78, 5) is 12.0. The highest BCUT2D eigenvalue weighted by Crippen LogP contribution is 2.25. The Bertz CT molecular complexity index is 291. The molecule has 4 heteroatoms. The van der Waals surface area contributed by atoms with Gasteiger partial charge in [0.2, 0.25) is 5.91 Å². The van der Waals surface area contributed by atoms with Crippen molar-refractivity contribution in [3.05, 3.63) is 0 Å². The summed E-state index contributed by atoms with van der Waals surface area (Å²) in [5.74, 6) is 0.272. The van der Waals surface area contributed by atoms with Crippen molar-refractivity contribution in [2.75, 3.05) is 13.1 Å². The van der Waals surface area contributed by atoms with E-state index in [2.05, 4.69) is 16.7 Å². The molecule has 0 aromatic rings. The molecule has 2 aliphatic rings. The molecule has 0 spiro atoms. The summed E-state index contributed by atoms with van der Waals surface area (Å²) < 4.78 is 0. The van der Waals surface area contributed by atoms with Crippen LogP contribution in [0.4, 0.5) is 0 Å². The fourth-order valence-electron chi connectivity index (χ4n) is 2.66. The first kappa shape index (κ1) is 11.4. The minimum atomic E-state index is 0.0282. The Morgan fingerprint density at radius 2 is 2.19 bits per heavy atom. The van der Waals surface area contributed by atoms with E-state index in [1.807, 2.05) is 0 Å². The smallest absolute Gasteiger partial charge is 0.224 e. The van der Waals surface area contributed by atoms with Crippen LogP contribution in [0.2, 0.25) is 0 Å². The number of rotatable bonds is 2. The van der Waals surface area contributed by atoms with Crippen molar-refractivity contribution in [2.24, 2.45) is 11.8 Å². The minimum absolute atomic E-state index is 0.0282. The van der Waals surface area contributed by atoms with Crippen molar-refractivity contribution >= 4 is 5.91 Å². The Hall–Kier alpha value is -1.08. The number of nitrogens with one attached hydrogen (secondary N) is 2. The third kappa shape index (κ3) is 2.53. The summed E-state index contributed by atoms with van der Waals surface area (Å²) in [6.45, 7) is 1.81. The number of piperidine rings is 1. The maximum absolute atomic E-state index is 12.0. The van der Waals surface area contributed by atoms with Gasteiger partial charge in [0, 0.05) is 12.6 Å². The lowest BCUT2D eigenvalue weighted by atomic mass is 9.97. The molecule has 0 aromatic heterocycles. The third-order valence-corrected chi connectivity index (χ3v) is 3.68. The quantitative estimate of drug-likeness (QED) is 0.724. The van der Waals surface area contributed by atoms with Crippen LogP contribution in [0.3, 0.4) is 0 Å². The lowest BCUT2D eigenvalue weighted by Crippen LogP contribution is -2.45. The fraction of sp³-hybridized carbons (Fsp3) is 0.833. The maximum Gasteiger partial charge on any atom is 0.224 e. The number of nitriles is 1. The second kappa shape index (κ2) is 5.31. The molecule has 1 saturated carbocycles. The number of nitrogens with zero attached hydrogens (tertiary/aromatic N) is 1. The second-order valence-electron chi connectivity index (χ2n) is 4.82. The van der Waals surface area contributed by atoms with Crippen LogP contribution in [0.5, 0.6) is 0 Å². The van der Waals surface area contributed by atoms with Gasteiger partial charge in [-0.3, -0.25) is 4.79 Å². The standard InChI is InChI=1S/C12H19N3O/c13-7-9-3-1-5-11(9)15-12(16)10-4-2-6-14-8-10/h9-11,14H,1-6,8H2,(H,15,16)/t9?,10-,11?/m0/s1. The molecule has 1 amide bonds. The third-order valence-electron chi connectivity index (χ3n) is 3.68. The highest BCUT2D eigenvalue weighted by atomic mass is 16.2. The lowest BCUT2D eigenvalue weighted by molar-refractivity contribution is -0.126. The van der Waals surface area contributed by atoms with Gasteiger partial charge in [-0.1, -0.05) is 0 Å². The number of hydrogen-bond acceptors (Lipinski definition) is 3. The highest BCUT2D eigenvalue weighted by Gasteiger charge is 2.30. The molecule has 2 N–H and O–H groups in total. The molecule has 3 atom stereocenters. The van der Waals surface area contributed by atoms with Gasteiger partial charge >= 0.3 is 0 Å². The second-order valence-corrected chi connectivity index (χ2v) is 4.82. The van der Waals surface area contributed by atoms with E-state index in [0.29, 0.717) is 0 Å². The van der Waals surface area contributed by atoms with Gasteiger partial charge in [0.15, 0.2) is 0 Å². The van der Waals surface area contributed by atoms with E-state index in [4.69, 9.17) is 5.26 Å². The van der Waals surface area contributed by atoms with Crippen molar-refractivity contribution in [2.45, 2.75) is 38.1 Å². The largest absolute Gasteiger partial charge is 0.352 e. The van der Waals surface area contributed by atoms with Crippen LogP contribution in [0.1, 0.15) is 32.1 Å². The first-order valence-electron chi connectivity index (χ1n) is 6.22. The van der Waals surface area contributed by atoms with Crippen molar-refractivity contribution in [3.8, 4) is 6.07 Å². The topological polar surface area (TPSA) is 64.9 Å². The molecule has 1 heterocycles. The van der Waals surface area contributed by atoms with Crippen LogP contribution in [0.15, 0.2) is 0 Å². The van der Waals surface area contributed by atoms with Crippen LogP contribution in [-0.2, 0) is 4.79 Å². The van der Waals surface area contributed by atoms with Crippen LogP contribution in [-0.4, -0.2) is 25.0 Å². The highest BCUT2D eigenvalue weighted by molar-refractivity contribution is 5.79. The molecule has 16 heavy (non-hydrogen) atoms. The van der Waals surface area contributed by atoms with E-state index in [-0.39, 0.29) is 23.8 Å². The van der Waals surface area contributed by atoms with Gasteiger partial charge in [0.1, 0.15) is 0 Å². The first-order valence-corrected chi connectivity index (χ1v) is 6.22. The molecule has 0 radical (unpaired) electrons. The SMILES string of the molecule is N#CC1CCCC1NC(=O)[C@H]1CCCNC1. The average Bonchev–Trinajstić information content (AvgIpc) is 2.77. The maximum atomic E-state index is 12.0. The Kier molecular flexibility index (Phi) is 3.79. The van der Waals surface area contributed by atoms with Gasteiger partial charge in [-0.15, -0.1) is 0 Å². The van der Waals surface area contributed by atoms with Gasteiger partial charge in [0.05, 0.1) is 17.9 Å². The van der Waals surface area contributed by atoms with Crippen LogP contribution in [0, 0.1) is 23.2 Å². The van der Waals surface area contributed by atoms with Gasteiger partial charge in [-0.05, 0) is 38.6 Å². The molecule has 4 nitrogen and oxygen atoms in total. The predicted octanol–water partition coefficient (Wildman–Crippen LogP) is 0.794. The number of carbonyl (C=O) groups is 1. The molecular formula is C12H19N3O. The summed E-state index contributed by atoms with van der Waals surface area (Å²) >= 11 is 0.